The molecular formula is C50H72N10O9. The molecule has 0 bridgehead atoms. The second-order valence-corrected chi connectivity index (χ2v) is 17.2. The van der Waals surface area contributed by atoms with Crippen LogP contribution in [0.1, 0.15) is 123 Å². The number of nitrogens with one attached hydrogen (secondary N) is 4. The summed E-state index contributed by atoms with van der Waals surface area (Å²) in [5.74, 6) is -3.31. The molecule has 0 heterocycles. The van der Waals surface area contributed by atoms with Gasteiger partial charge in [-0.15, -0.1) is 13.2 Å². The zero-order valence-corrected chi connectivity index (χ0v) is 40.9. The van der Waals surface area contributed by atoms with Crippen molar-refractivity contribution in [1.29, 1.82) is 0 Å². The minimum atomic E-state index is -0.693. The Bertz CT molecular complexity index is 2060. The molecule has 0 unspecified atom stereocenters. The normalized spacial score (nSPS) is 12.2. The van der Waals surface area contributed by atoms with Crippen LogP contribution in [0.3, 0.4) is 0 Å². The third-order valence-corrected chi connectivity index (χ3v) is 10.7. The molecule has 0 aromatic heterocycles. The zero-order valence-electron chi connectivity index (χ0n) is 40.9. The predicted molar refractivity (Wildman–Crippen MR) is 266 cm³/mol. The number of anilines is 2. The molecule has 0 spiro atoms. The Morgan fingerprint density at radius 1 is 0.638 bits per heavy atom. The topological polar surface area (TPSA) is 295 Å². The van der Waals surface area contributed by atoms with Crippen molar-refractivity contribution in [2.24, 2.45) is 33.9 Å². The van der Waals surface area contributed by atoms with Gasteiger partial charge in [-0.1, -0.05) is 87.2 Å². The van der Waals surface area contributed by atoms with Crippen molar-refractivity contribution in [2.45, 2.75) is 137 Å². The number of unbranched alkanes of at least 4 members (excludes halogenated alkanes) is 4. The smallest absolute Gasteiger partial charge is 0.302 e. The summed E-state index contributed by atoms with van der Waals surface area (Å²) < 4.78 is 4.95. The molecule has 0 aliphatic rings. The van der Waals surface area contributed by atoms with Crippen LogP contribution in [0.25, 0.3) is 20.9 Å². The summed E-state index contributed by atoms with van der Waals surface area (Å²) in [5, 5.41) is 27.3. The number of rotatable bonds is 33. The lowest BCUT2D eigenvalue weighted by atomic mass is 9.90. The van der Waals surface area contributed by atoms with Crippen LogP contribution in [0.4, 0.5) is 11.4 Å². The number of aliphatic hydroxyl groups excluding tert-OH is 1. The first-order valence-corrected chi connectivity index (χ1v) is 23.4. The summed E-state index contributed by atoms with van der Waals surface area (Å²) in [6.45, 7) is 17.0. The van der Waals surface area contributed by atoms with Crippen molar-refractivity contribution in [3.8, 4) is 0 Å². The summed E-state index contributed by atoms with van der Waals surface area (Å²) >= 11 is 0. The van der Waals surface area contributed by atoms with Crippen LogP contribution in [0.2, 0.25) is 0 Å². The molecule has 4 amide bonds. The van der Waals surface area contributed by atoms with E-state index in [2.05, 4.69) is 54.5 Å². The van der Waals surface area contributed by atoms with Gasteiger partial charge in [0.15, 0.2) is 11.6 Å². The molecule has 2 aromatic rings. The van der Waals surface area contributed by atoms with E-state index in [9.17, 15) is 33.6 Å². The average Bonchev–Trinajstić information content (AvgIpc) is 3.31. The monoisotopic (exact) mass is 957 g/mol. The van der Waals surface area contributed by atoms with Crippen molar-refractivity contribution in [1.82, 2.24) is 10.6 Å². The van der Waals surface area contributed by atoms with Crippen LogP contribution in [0.5, 0.6) is 0 Å². The third-order valence-electron chi connectivity index (χ3n) is 10.7. The first kappa shape index (κ1) is 60.2. The molecule has 19 nitrogen and oxygen atoms in total. The first-order valence-electron chi connectivity index (χ1n) is 23.4. The maximum atomic E-state index is 13.1. The number of carbonyl (C=O) groups excluding carboxylic acids is 7. The van der Waals surface area contributed by atoms with E-state index in [1.165, 1.54) is 6.92 Å². The first-order chi connectivity index (χ1) is 33.0. The summed E-state index contributed by atoms with van der Waals surface area (Å²) in [6.07, 6.45) is 8.56. The maximum Gasteiger partial charge on any atom is 0.302 e. The lowest BCUT2D eigenvalue weighted by molar-refractivity contribution is -0.142. The van der Waals surface area contributed by atoms with Gasteiger partial charge >= 0.3 is 5.97 Å². The Hall–Kier alpha value is -6.81. The van der Waals surface area contributed by atoms with Gasteiger partial charge in [-0.2, -0.15) is 0 Å². The Morgan fingerprint density at radius 2 is 1.03 bits per heavy atom. The van der Waals surface area contributed by atoms with E-state index in [-0.39, 0.29) is 91.9 Å². The van der Waals surface area contributed by atoms with E-state index in [1.54, 1.807) is 60.7 Å². The number of hydrogen-bond acceptors (Lipinski definition) is 11. The quantitative estimate of drug-likeness (QED) is 0.0114. The molecule has 0 aliphatic carbocycles. The molecule has 0 aliphatic heterocycles. The summed E-state index contributed by atoms with van der Waals surface area (Å²) in [6, 6.07) is 12.3. The van der Waals surface area contributed by atoms with Gasteiger partial charge in [0.05, 0.1) is 18.7 Å². The number of aliphatic hydroxyl groups is 1. The molecule has 0 saturated carbocycles. The van der Waals surface area contributed by atoms with Crippen molar-refractivity contribution in [2.75, 3.05) is 23.7 Å². The summed E-state index contributed by atoms with van der Waals surface area (Å²) in [5.41, 5.74) is 19.2. The van der Waals surface area contributed by atoms with E-state index >= 15 is 0 Å². The highest BCUT2D eigenvalue weighted by Gasteiger charge is 2.30. The van der Waals surface area contributed by atoms with Crippen LogP contribution in [-0.4, -0.2) is 71.4 Å². The number of Topliss-reactive ketones (excluding diaryl/α,β-unsaturated/α-hetero) is 2. The number of nitrogens with zero attached hydrogens (tertiary/aromatic N) is 6. The summed E-state index contributed by atoms with van der Waals surface area (Å²) in [7, 11) is 0. The Morgan fingerprint density at radius 3 is 1.36 bits per heavy atom. The van der Waals surface area contributed by atoms with Crippen molar-refractivity contribution >= 4 is 52.5 Å². The van der Waals surface area contributed by atoms with E-state index in [0.717, 1.165) is 24.0 Å². The number of ether oxygens (including phenoxy) is 1. The Kier molecular flexibility index (Phi) is 30.8. The number of amides is 4. The van der Waals surface area contributed by atoms with E-state index in [1.807, 2.05) is 27.7 Å². The van der Waals surface area contributed by atoms with Gasteiger partial charge in [-0.25, -0.2) is 0 Å². The van der Waals surface area contributed by atoms with Gasteiger partial charge in [-0.05, 0) is 96.8 Å². The minimum absolute atomic E-state index is 0.0120. The number of esters is 1. The Balaban J connectivity index is 0.000000693. The highest BCUT2D eigenvalue weighted by Crippen LogP contribution is 2.21. The molecule has 69 heavy (non-hydrogen) atoms. The maximum absolute atomic E-state index is 13.1. The minimum Gasteiger partial charge on any atom is -0.461 e. The summed E-state index contributed by atoms with van der Waals surface area (Å²) in [4.78, 5) is 92.8. The average molecular weight is 957 g/mol. The highest BCUT2D eigenvalue weighted by molar-refractivity contribution is 5.98. The number of carbonyl (C=O) groups is 7. The van der Waals surface area contributed by atoms with Gasteiger partial charge < -0.3 is 31.1 Å². The fourth-order valence-corrected chi connectivity index (χ4v) is 6.87. The third kappa shape index (κ3) is 26.4. The zero-order chi connectivity index (χ0) is 51.6. The largest absolute Gasteiger partial charge is 0.461 e. The van der Waals surface area contributed by atoms with Crippen molar-refractivity contribution in [3.63, 3.8) is 0 Å². The van der Waals surface area contributed by atoms with Gasteiger partial charge in [0.25, 0.3) is 0 Å². The van der Waals surface area contributed by atoms with Crippen LogP contribution in [0, 0.1) is 23.7 Å². The van der Waals surface area contributed by atoms with E-state index in [0.29, 0.717) is 63.0 Å². The lowest BCUT2D eigenvalue weighted by Crippen LogP contribution is -2.45. The fourth-order valence-electron chi connectivity index (χ4n) is 6.87. The SMILES string of the molecule is C=CC[C@H](CC(=O)[C@@H](NC(=O)CCCCCN=[N+]=[N-])C(C)C)C(=O)Nc1ccc(CO)cc1.C=CC[C@H](CC(=O)[C@@H](NC(=O)CCCCCN=[N+]=[N-])C(C)C)C(=O)Nc1ccc(COC(C)=O)cc1. The van der Waals surface area contributed by atoms with Gasteiger partial charge in [0, 0.05) is 78.7 Å². The van der Waals surface area contributed by atoms with Crippen LogP contribution < -0.4 is 21.3 Å². The van der Waals surface area contributed by atoms with Crippen molar-refractivity contribution < 1.29 is 43.4 Å². The van der Waals surface area contributed by atoms with Crippen LogP contribution >= 0.6 is 0 Å². The highest BCUT2D eigenvalue weighted by atomic mass is 16.5. The number of allylic oxidation sites excluding steroid dienone is 2. The second-order valence-electron chi connectivity index (χ2n) is 17.2. The molecule has 2 rings (SSSR count). The molecule has 376 valence electrons. The number of hydrogen-bond donors (Lipinski definition) is 5. The van der Waals surface area contributed by atoms with E-state index < -0.39 is 23.9 Å². The Labute approximate surface area is 405 Å². The number of azide groups is 2. The van der Waals surface area contributed by atoms with Gasteiger partial charge in [0.2, 0.25) is 23.6 Å². The van der Waals surface area contributed by atoms with Gasteiger partial charge in [0.1, 0.15) is 6.61 Å². The predicted octanol–water partition coefficient (Wildman–Crippen LogP) is 9.13. The molecule has 2 aromatic carbocycles. The molecule has 0 saturated heterocycles. The van der Waals surface area contributed by atoms with Crippen LogP contribution in [0.15, 0.2) is 84.1 Å². The van der Waals surface area contributed by atoms with E-state index in [4.69, 9.17) is 20.9 Å². The standard InChI is InChI=1S/C26H37N5O5.C24H35N5O4/c1-5-9-21(26(35)29-22-13-11-20(12-14-22)17-36-19(4)32)16-23(33)25(18(2)3)30-24(34)10-7-6-8-15-28-31-27;1-4-8-19(24(33)27-20-12-10-18(16-30)11-13-20)15-21(31)23(17(2)3)28-22(32)9-6-5-7-14-26-29-25/h5,11-14,18,21,25H,1,6-10,15-17H2,2-4H3,(H,29,35)(H,30,34);4,10-13,17,19,23,30H,1,5-9,14-16H2,2-3H3,(H,27,33)(H,28,32)/t21-,25+;19-,23+/m11/s1. The van der Waals surface area contributed by atoms with Gasteiger partial charge in [-0.3, -0.25) is 33.6 Å². The number of benzene rings is 2. The molecule has 4 atom stereocenters. The molecule has 0 fully saturated rings. The second kappa shape index (κ2) is 35.3. The molecule has 0 radical (unpaired) electrons. The molecule has 5 N–H and O–H groups in total. The fraction of sp³-hybridized carbons (Fsp3) is 0.540. The lowest BCUT2D eigenvalue weighted by Gasteiger charge is -2.23. The molecule has 19 heteroatoms. The van der Waals surface area contributed by atoms with Crippen molar-refractivity contribution in [3.05, 3.63) is 106 Å². The van der Waals surface area contributed by atoms with Crippen LogP contribution in [-0.2, 0) is 51.5 Å². The number of ketones is 2. The molecular weight excluding hydrogens is 885 g/mol.